The lowest BCUT2D eigenvalue weighted by Gasteiger charge is -2.10. The Hall–Kier alpha value is -2.08. The van der Waals surface area contributed by atoms with Crippen molar-refractivity contribution in [3.63, 3.8) is 0 Å². The summed E-state index contributed by atoms with van der Waals surface area (Å²) in [6.45, 7) is 0. The molecule has 0 fully saturated rings. The van der Waals surface area contributed by atoms with Gasteiger partial charge in [0.05, 0.1) is 0 Å². The molecule has 0 bridgehead atoms. The van der Waals surface area contributed by atoms with Crippen LogP contribution >= 0.6 is 39.3 Å². The summed E-state index contributed by atoms with van der Waals surface area (Å²) in [5.41, 5.74) is 3.24. The molecule has 0 aliphatic rings. The zero-order chi connectivity index (χ0) is 18.6. The fourth-order valence-electron chi connectivity index (χ4n) is 2.73. The summed E-state index contributed by atoms with van der Waals surface area (Å²) in [6.07, 6.45) is 0. The molecule has 0 unspecified atom stereocenters. The largest absolute Gasteiger partial charge is 0.270 e. The third kappa shape index (κ3) is 4.26. The molecule has 1 aromatic heterocycles. The molecule has 0 N–H and O–H groups in total. The molecule has 0 aliphatic heterocycles. The number of para-hydroxylation sites is 1. The van der Waals surface area contributed by atoms with Crippen molar-refractivity contribution >= 4 is 39.3 Å². The lowest BCUT2D eigenvalue weighted by Crippen LogP contribution is -1.99. The van der Waals surface area contributed by atoms with Crippen molar-refractivity contribution in [1.82, 2.24) is 14.8 Å². The number of rotatable bonds is 5. The molecular weight excluding hydrogens is 442 g/mol. The third-order valence-corrected chi connectivity index (χ3v) is 5.75. The van der Waals surface area contributed by atoms with E-state index < -0.39 is 0 Å². The van der Waals surface area contributed by atoms with Gasteiger partial charge in [0.25, 0.3) is 0 Å². The number of hydrogen-bond donors (Lipinski definition) is 0. The minimum atomic E-state index is 0.703. The fraction of sp³-hybridized carbons (Fsp3) is 0.0476. The summed E-state index contributed by atoms with van der Waals surface area (Å²) in [6, 6.07) is 26.1. The van der Waals surface area contributed by atoms with Crippen LogP contribution in [-0.2, 0) is 5.75 Å². The summed E-state index contributed by atoms with van der Waals surface area (Å²) in [5.74, 6) is 1.61. The zero-order valence-corrected chi connectivity index (χ0v) is 17.4. The number of nitrogens with zero attached hydrogens (tertiary/aromatic N) is 3. The van der Waals surface area contributed by atoms with Crippen LogP contribution in [0.2, 0.25) is 5.02 Å². The van der Waals surface area contributed by atoms with Gasteiger partial charge in [-0.15, -0.1) is 10.2 Å². The van der Waals surface area contributed by atoms with Crippen LogP contribution in [0, 0.1) is 0 Å². The van der Waals surface area contributed by atoms with Crippen LogP contribution in [0.15, 0.2) is 88.5 Å². The van der Waals surface area contributed by atoms with E-state index >= 15 is 0 Å². The van der Waals surface area contributed by atoms with Crippen molar-refractivity contribution in [3.05, 3.63) is 93.9 Å². The van der Waals surface area contributed by atoms with E-state index in [-0.39, 0.29) is 0 Å². The molecule has 0 amide bonds. The molecule has 0 aliphatic carbocycles. The molecule has 4 rings (SSSR count). The highest BCUT2D eigenvalue weighted by Crippen LogP contribution is 2.30. The molecule has 0 saturated heterocycles. The van der Waals surface area contributed by atoms with Gasteiger partial charge in [-0.3, -0.25) is 4.57 Å². The smallest absolute Gasteiger partial charge is 0.196 e. The van der Waals surface area contributed by atoms with Gasteiger partial charge in [0.1, 0.15) is 0 Å². The topological polar surface area (TPSA) is 30.7 Å². The first-order chi connectivity index (χ1) is 13.2. The van der Waals surface area contributed by atoms with Crippen molar-refractivity contribution in [2.24, 2.45) is 0 Å². The average Bonchev–Trinajstić information content (AvgIpc) is 3.12. The van der Waals surface area contributed by atoms with Gasteiger partial charge in [0.15, 0.2) is 11.0 Å². The normalized spacial score (nSPS) is 10.9. The van der Waals surface area contributed by atoms with Crippen LogP contribution in [0.4, 0.5) is 0 Å². The third-order valence-electron chi connectivity index (χ3n) is 4.01. The van der Waals surface area contributed by atoms with Crippen LogP contribution in [0.3, 0.4) is 0 Å². The maximum atomic E-state index is 6.04. The van der Waals surface area contributed by atoms with Gasteiger partial charge >= 0.3 is 0 Å². The number of halogens is 2. The number of thioether (sulfide) groups is 1. The molecule has 0 saturated carbocycles. The summed E-state index contributed by atoms with van der Waals surface area (Å²) in [4.78, 5) is 0. The van der Waals surface area contributed by atoms with Crippen molar-refractivity contribution in [3.8, 4) is 17.1 Å². The highest BCUT2D eigenvalue weighted by atomic mass is 79.9. The molecule has 3 nitrogen and oxygen atoms in total. The zero-order valence-electron chi connectivity index (χ0n) is 14.2. The SMILES string of the molecule is Clc1ccc(-c2nnc(SCc3cccc(Br)c3)n2-c2ccccc2)cc1. The molecular formula is C21H15BrClN3S. The molecule has 27 heavy (non-hydrogen) atoms. The Morgan fingerprint density at radius 1 is 0.889 bits per heavy atom. The van der Waals surface area contributed by atoms with Gasteiger partial charge in [-0.2, -0.15) is 0 Å². The number of aromatic nitrogens is 3. The Morgan fingerprint density at radius 3 is 2.41 bits per heavy atom. The van der Waals surface area contributed by atoms with Crippen molar-refractivity contribution in [2.75, 3.05) is 0 Å². The second-order valence-corrected chi connectivity index (χ2v) is 8.20. The van der Waals surface area contributed by atoms with Crippen LogP contribution in [-0.4, -0.2) is 14.8 Å². The van der Waals surface area contributed by atoms with E-state index in [0.717, 1.165) is 32.5 Å². The average molecular weight is 457 g/mol. The highest BCUT2D eigenvalue weighted by Gasteiger charge is 2.16. The lowest BCUT2D eigenvalue weighted by molar-refractivity contribution is 0.886. The van der Waals surface area contributed by atoms with Crippen LogP contribution < -0.4 is 0 Å². The highest BCUT2D eigenvalue weighted by molar-refractivity contribution is 9.10. The van der Waals surface area contributed by atoms with Crippen LogP contribution in [0.5, 0.6) is 0 Å². The maximum absolute atomic E-state index is 6.04. The van der Waals surface area contributed by atoms with Gasteiger partial charge in [-0.25, -0.2) is 0 Å². The number of hydrogen-bond acceptors (Lipinski definition) is 3. The molecule has 4 aromatic rings. The van der Waals surface area contributed by atoms with Gasteiger partial charge in [0.2, 0.25) is 0 Å². The Kier molecular flexibility index (Phi) is 5.62. The summed E-state index contributed by atoms with van der Waals surface area (Å²) in [7, 11) is 0. The monoisotopic (exact) mass is 455 g/mol. The molecule has 134 valence electrons. The van der Waals surface area contributed by atoms with Gasteiger partial charge in [-0.1, -0.05) is 69.6 Å². The first-order valence-electron chi connectivity index (χ1n) is 8.35. The first kappa shape index (κ1) is 18.3. The van der Waals surface area contributed by atoms with E-state index in [1.54, 1.807) is 11.8 Å². The predicted molar refractivity (Wildman–Crippen MR) is 116 cm³/mol. The Balaban J connectivity index is 1.72. The van der Waals surface area contributed by atoms with E-state index in [1.807, 2.05) is 54.6 Å². The first-order valence-corrected chi connectivity index (χ1v) is 10.5. The van der Waals surface area contributed by atoms with Crippen LogP contribution in [0.1, 0.15) is 5.56 Å². The molecule has 6 heteroatoms. The quantitative estimate of drug-likeness (QED) is 0.315. The van der Waals surface area contributed by atoms with Crippen molar-refractivity contribution < 1.29 is 0 Å². The molecule has 0 radical (unpaired) electrons. The standard InChI is InChI=1S/C21H15BrClN3S/c22-17-6-4-5-15(13-17)14-27-21-25-24-20(16-9-11-18(23)12-10-16)26(21)19-7-2-1-3-8-19/h1-13H,14H2. The molecule has 1 heterocycles. The van der Waals surface area contributed by atoms with Crippen molar-refractivity contribution in [1.29, 1.82) is 0 Å². The van der Waals surface area contributed by atoms with E-state index in [9.17, 15) is 0 Å². The summed E-state index contributed by atoms with van der Waals surface area (Å²) >= 11 is 11.2. The second-order valence-electron chi connectivity index (χ2n) is 5.90. The Morgan fingerprint density at radius 2 is 1.67 bits per heavy atom. The van der Waals surface area contributed by atoms with Gasteiger partial charge in [-0.05, 0) is 54.1 Å². The van der Waals surface area contributed by atoms with E-state index in [1.165, 1.54) is 5.56 Å². The Labute approximate surface area is 175 Å². The summed E-state index contributed by atoms with van der Waals surface area (Å²) in [5, 5.41) is 10.5. The molecule has 0 spiro atoms. The minimum Gasteiger partial charge on any atom is -0.270 e. The fourth-order valence-corrected chi connectivity index (χ4v) is 4.20. The van der Waals surface area contributed by atoms with E-state index in [2.05, 4.69) is 55.0 Å². The summed E-state index contributed by atoms with van der Waals surface area (Å²) < 4.78 is 3.17. The van der Waals surface area contributed by atoms with E-state index in [4.69, 9.17) is 11.6 Å². The Bertz CT molecular complexity index is 1050. The van der Waals surface area contributed by atoms with Crippen molar-refractivity contribution in [2.45, 2.75) is 10.9 Å². The van der Waals surface area contributed by atoms with Gasteiger partial charge in [0, 0.05) is 26.5 Å². The number of benzene rings is 3. The minimum absolute atomic E-state index is 0.703. The second kappa shape index (κ2) is 8.30. The molecule has 3 aromatic carbocycles. The molecule has 0 atom stereocenters. The van der Waals surface area contributed by atoms with Crippen LogP contribution in [0.25, 0.3) is 17.1 Å². The predicted octanol–water partition coefficient (Wildman–Crippen LogP) is 6.64. The van der Waals surface area contributed by atoms with E-state index in [0.29, 0.717) is 5.02 Å². The maximum Gasteiger partial charge on any atom is 0.196 e. The van der Waals surface area contributed by atoms with Gasteiger partial charge < -0.3 is 0 Å². The lowest BCUT2D eigenvalue weighted by atomic mass is 10.2.